The van der Waals surface area contributed by atoms with Crippen molar-refractivity contribution in [3.63, 3.8) is 0 Å². The molecule has 0 saturated heterocycles. The van der Waals surface area contributed by atoms with E-state index in [1.54, 1.807) is 0 Å². The molecule has 134 valence electrons. The van der Waals surface area contributed by atoms with E-state index in [-0.39, 0.29) is 11.9 Å². The van der Waals surface area contributed by atoms with Crippen LogP contribution in [-0.2, 0) is 4.79 Å². The van der Waals surface area contributed by atoms with Crippen LogP contribution < -0.4 is 10.6 Å². The summed E-state index contributed by atoms with van der Waals surface area (Å²) in [5, 5.41) is 7.80. The Bertz CT molecular complexity index is 894. The van der Waals surface area contributed by atoms with Gasteiger partial charge >= 0.3 is 0 Å². The maximum absolute atomic E-state index is 11.7. The van der Waals surface area contributed by atoms with Crippen LogP contribution in [0.3, 0.4) is 0 Å². The standard InChI is InChI=1S/C21H20Cl2N2O/c1-2-19(26)24-12-9-10-18-16(11-12)13-5-3-6-14(13)21(25-18)15-7-4-8-17(22)20(15)23/h3-5,7-11,13-14,21,25H,2,6H2,1H3,(H,24,26). The number of carbonyl (C=O) groups is 1. The minimum absolute atomic E-state index is 0.0239. The van der Waals surface area contributed by atoms with E-state index >= 15 is 0 Å². The molecule has 2 N–H and O–H groups in total. The van der Waals surface area contributed by atoms with Gasteiger partial charge in [0.15, 0.2) is 0 Å². The number of halogens is 2. The van der Waals surface area contributed by atoms with Crippen molar-refractivity contribution in [1.82, 2.24) is 0 Å². The van der Waals surface area contributed by atoms with Crippen molar-refractivity contribution in [2.75, 3.05) is 10.6 Å². The molecule has 1 heterocycles. The summed E-state index contributed by atoms with van der Waals surface area (Å²) < 4.78 is 0. The minimum atomic E-state index is 0.0239. The van der Waals surface area contributed by atoms with E-state index in [1.807, 2.05) is 37.3 Å². The highest BCUT2D eigenvalue weighted by atomic mass is 35.5. The van der Waals surface area contributed by atoms with E-state index in [0.29, 0.717) is 28.3 Å². The summed E-state index contributed by atoms with van der Waals surface area (Å²) in [4.78, 5) is 11.7. The average molecular weight is 387 g/mol. The molecular formula is C21H20Cl2N2O. The zero-order chi connectivity index (χ0) is 18.3. The number of benzene rings is 2. The molecule has 2 aliphatic rings. The number of rotatable bonds is 3. The summed E-state index contributed by atoms with van der Waals surface area (Å²) >= 11 is 12.7. The quantitative estimate of drug-likeness (QED) is 0.619. The van der Waals surface area contributed by atoms with Gasteiger partial charge in [0.1, 0.15) is 0 Å². The third-order valence-electron chi connectivity index (χ3n) is 5.28. The van der Waals surface area contributed by atoms with E-state index in [1.165, 1.54) is 5.56 Å². The van der Waals surface area contributed by atoms with Gasteiger partial charge in [0, 0.05) is 23.7 Å². The molecule has 0 fully saturated rings. The Balaban J connectivity index is 1.72. The zero-order valence-corrected chi connectivity index (χ0v) is 15.9. The predicted octanol–water partition coefficient (Wildman–Crippen LogP) is 6.17. The number of amides is 1. The van der Waals surface area contributed by atoms with Gasteiger partial charge in [0.2, 0.25) is 5.91 Å². The highest BCUT2D eigenvalue weighted by Gasteiger charge is 2.38. The van der Waals surface area contributed by atoms with Crippen LogP contribution in [0.2, 0.25) is 10.0 Å². The average Bonchev–Trinajstić information content (AvgIpc) is 3.14. The van der Waals surface area contributed by atoms with Crippen LogP contribution in [0.4, 0.5) is 11.4 Å². The molecule has 0 saturated carbocycles. The van der Waals surface area contributed by atoms with Gasteiger partial charge in [-0.2, -0.15) is 0 Å². The van der Waals surface area contributed by atoms with Crippen LogP contribution in [0.15, 0.2) is 48.6 Å². The van der Waals surface area contributed by atoms with Crippen molar-refractivity contribution in [3.8, 4) is 0 Å². The molecule has 3 nitrogen and oxygen atoms in total. The van der Waals surface area contributed by atoms with Gasteiger partial charge in [-0.25, -0.2) is 0 Å². The molecule has 3 unspecified atom stereocenters. The second-order valence-electron chi connectivity index (χ2n) is 6.82. The van der Waals surface area contributed by atoms with E-state index in [0.717, 1.165) is 23.4 Å². The smallest absolute Gasteiger partial charge is 0.224 e. The Morgan fingerprint density at radius 2 is 2.08 bits per heavy atom. The highest BCUT2D eigenvalue weighted by molar-refractivity contribution is 6.42. The first-order valence-corrected chi connectivity index (χ1v) is 9.65. The molecule has 4 rings (SSSR count). The monoisotopic (exact) mass is 386 g/mol. The van der Waals surface area contributed by atoms with Crippen LogP contribution in [0, 0.1) is 5.92 Å². The fraction of sp³-hybridized carbons (Fsp3) is 0.286. The topological polar surface area (TPSA) is 41.1 Å². The van der Waals surface area contributed by atoms with Crippen molar-refractivity contribution >= 4 is 40.5 Å². The normalized spacial score (nSPS) is 23.1. The van der Waals surface area contributed by atoms with Gasteiger partial charge in [-0.05, 0) is 47.7 Å². The first-order valence-electron chi connectivity index (χ1n) is 8.89. The molecule has 1 aliphatic heterocycles. The molecule has 2 aromatic rings. The van der Waals surface area contributed by atoms with Gasteiger partial charge in [-0.1, -0.05) is 54.4 Å². The van der Waals surface area contributed by atoms with Gasteiger partial charge in [0.05, 0.1) is 16.1 Å². The fourth-order valence-electron chi connectivity index (χ4n) is 3.99. The number of hydrogen-bond acceptors (Lipinski definition) is 2. The summed E-state index contributed by atoms with van der Waals surface area (Å²) in [6, 6.07) is 12.0. The number of anilines is 2. The van der Waals surface area contributed by atoms with E-state index in [4.69, 9.17) is 23.2 Å². The zero-order valence-electron chi connectivity index (χ0n) is 14.4. The maximum Gasteiger partial charge on any atom is 0.224 e. The Hall–Kier alpha value is -1.97. The highest BCUT2D eigenvalue weighted by Crippen LogP contribution is 2.51. The van der Waals surface area contributed by atoms with Gasteiger partial charge in [-0.15, -0.1) is 0 Å². The SMILES string of the molecule is CCC(=O)Nc1ccc2c(c1)C1C=CCC1C(c1cccc(Cl)c1Cl)N2. The van der Waals surface area contributed by atoms with Crippen LogP contribution in [0.25, 0.3) is 0 Å². The van der Waals surface area contributed by atoms with Gasteiger partial charge in [-0.3, -0.25) is 4.79 Å². The summed E-state index contributed by atoms with van der Waals surface area (Å²) in [6.07, 6.45) is 5.95. The lowest BCUT2D eigenvalue weighted by atomic mass is 9.77. The molecule has 0 spiro atoms. The van der Waals surface area contributed by atoms with Crippen LogP contribution >= 0.6 is 23.2 Å². The first kappa shape index (κ1) is 17.4. The first-order chi connectivity index (χ1) is 12.6. The molecular weight excluding hydrogens is 367 g/mol. The number of hydrogen-bond donors (Lipinski definition) is 2. The van der Waals surface area contributed by atoms with E-state index in [9.17, 15) is 4.79 Å². The lowest BCUT2D eigenvalue weighted by Gasteiger charge is -2.38. The maximum atomic E-state index is 11.7. The minimum Gasteiger partial charge on any atom is -0.378 e. The number of nitrogens with one attached hydrogen (secondary N) is 2. The van der Waals surface area contributed by atoms with Crippen LogP contribution in [-0.4, -0.2) is 5.91 Å². The van der Waals surface area contributed by atoms with E-state index < -0.39 is 0 Å². The molecule has 3 atom stereocenters. The van der Waals surface area contributed by atoms with Crippen molar-refractivity contribution < 1.29 is 4.79 Å². The molecule has 26 heavy (non-hydrogen) atoms. The van der Waals surface area contributed by atoms with Crippen molar-refractivity contribution in [2.45, 2.75) is 31.7 Å². The molecule has 0 bridgehead atoms. The van der Waals surface area contributed by atoms with Gasteiger partial charge < -0.3 is 10.6 Å². The predicted molar refractivity (Wildman–Crippen MR) is 108 cm³/mol. The largest absolute Gasteiger partial charge is 0.378 e. The summed E-state index contributed by atoms with van der Waals surface area (Å²) in [5.41, 5.74) is 4.17. The van der Waals surface area contributed by atoms with Crippen molar-refractivity contribution in [2.24, 2.45) is 5.92 Å². The molecule has 0 aromatic heterocycles. The van der Waals surface area contributed by atoms with Crippen LogP contribution in [0.5, 0.6) is 0 Å². The summed E-state index contributed by atoms with van der Waals surface area (Å²) in [6.45, 7) is 1.85. The summed E-state index contributed by atoms with van der Waals surface area (Å²) in [5.74, 6) is 0.691. The lowest BCUT2D eigenvalue weighted by molar-refractivity contribution is -0.115. The lowest BCUT2D eigenvalue weighted by Crippen LogP contribution is -2.29. The number of allylic oxidation sites excluding steroid dienone is 2. The molecule has 2 aromatic carbocycles. The number of fused-ring (bicyclic) bond motifs is 3. The third-order valence-corrected chi connectivity index (χ3v) is 6.12. The Morgan fingerprint density at radius 3 is 2.88 bits per heavy atom. The second kappa shape index (κ2) is 6.98. The van der Waals surface area contributed by atoms with Crippen molar-refractivity contribution in [3.05, 3.63) is 69.7 Å². The Kier molecular flexibility index (Phi) is 4.68. The fourth-order valence-corrected chi connectivity index (χ4v) is 4.42. The Morgan fingerprint density at radius 1 is 1.23 bits per heavy atom. The second-order valence-corrected chi connectivity index (χ2v) is 7.61. The Labute approximate surface area is 163 Å². The van der Waals surface area contributed by atoms with Crippen molar-refractivity contribution in [1.29, 1.82) is 0 Å². The molecule has 1 amide bonds. The molecule has 0 radical (unpaired) electrons. The van der Waals surface area contributed by atoms with E-state index in [2.05, 4.69) is 28.9 Å². The van der Waals surface area contributed by atoms with Gasteiger partial charge in [0.25, 0.3) is 0 Å². The van der Waals surface area contributed by atoms with Crippen LogP contribution in [0.1, 0.15) is 42.9 Å². The summed E-state index contributed by atoms with van der Waals surface area (Å²) in [7, 11) is 0. The molecule has 1 aliphatic carbocycles. The number of carbonyl (C=O) groups excluding carboxylic acids is 1. The third kappa shape index (κ3) is 3.00. The molecule has 5 heteroatoms.